The third-order valence-electron chi connectivity index (χ3n) is 3.71. The first-order valence-electron chi connectivity index (χ1n) is 7.23. The van der Waals surface area contributed by atoms with Crippen LogP contribution in [0.3, 0.4) is 0 Å². The molecule has 0 unspecified atom stereocenters. The average Bonchev–Trinajstić information content (AvgIpc) is 3.18. The molecule has 0 spiro atoms. The molecule has 0 saturated carbocycles. The van der Waals surface area contributed by atoms with Crippen LogP contribution in [0.25, 0.3) is 28.1 Å². The molecule has 0 amide bonds. The lowest BCUT2D eigenvalue weighted by atomic mass is 10.2. The van der Waals surface area contributed by atoms with Gasteiger partial charge in [0.25, 0.3) is 0 Å². The Balaban J connectivity index is 1.82. The Hall–Kier alpha value is -3.30. The molecule has 0 radical (unpaired) electrons. The lowest BCUT2D eigenvalue weighted by Gasteiger charge is -2.10. The predicted octanol–water partition coefficient (Wildman–Crippen LogP) is 2.29. The zero-order valence-corrected chi connectivity index (χ0v) is 13.2. The summed E-state index contributed by atoms with van der Waals surface area (Å²) in [6.45, 7) is -2.93. The van der Waals surface area contributed by atoms with Crippen LogP contribution in [-0.2, 0) is 7.05 Å². The number of fused-ring (bicyclic) bond motifs is 3. The number of rotatable bonds is 4. The molecule has 0 atom stereocenters. The molecule has 128 valence electrons. The van der Waals surface area contributed by atoms with Gasteiger partial charge in [-0.2, -0.15) is 13.9 Å². The second kappa shape index (κ2) is 5.65. The van der Waals surface area contributed by atoms with Gasteiger partial charge in [0.2, 0.25) is 0 Å². The van der Waals surface area contributed by atoms with Crippen molar-refractivity contribution in [2.75, 3.05) is 7.11 Å². The van der Waals surface area contributed by atoms with Gasteiger partial charge < -0.3 is 9.47 Å². The van der Waals surface area contributed by atoms with E-state index in [1.54, 1.807) is 36.4 Å². The van der Waals surface area contributed by atoms with Crippen molar-refractivity contribution in [2.45, 2.75) is 6.61 Å². The Morgan fingerprint density at radius 2 is 2.00 bits per heavy atom. The zero-order chi connectivity index (χ0) is 17.6. The maximum atomic E-state index is 12.4. The van der Waals surface area contributed by atoms with E-state index in [4.69, 9.17) is 4.74 Å². The summed E-state index contributed by atoms with van der Waals surface area (Å²) in [5.74, 6) is 0.516. The number of aryl methyl sites for hydroxylation is 1. The summed E-state index contributed by atoms with van der Waals surface area (Å²) >= 11 is 0. The summed E-state index contributed by atoms with van der Waals surface area (Å²) in [5, 5.41) is 9.29. The first-order valence-corrected chi connectivity index (χ1v) is 7.23. The molecule has 0 aliphatic rings. The molecular formula is C15H12F2N6O2. The summed E-state index contributed by atoms with van der Waals surface area (Å²) in [6, 6.07) is 4.52. The Bertz CT molecular complexity index is 1070. The first-order chi connectivity index (χ1) is 12.1. The minimum atomic E-state index is -2.93. The molecule has 3 heterocycles. The summed E-state index contributed by atoms with van der Waals surface area (Å²) in [4.78, 5) is 8.79. The van der Waals surface area contributed by atoms with Gasteiger partial charge in [-0.1, -0.05) is 0 Å². The molecule has 4 aromatic rings. The summed E-state index contributed by atoms with van der Waals surface area (Å²) < 4.78 is 37.6. The van der Waals surface area contributed by atoms with Gasteiger partial charge in [0.05, 0.1) is 18.7 Å². The number of ether oxygens (including phenoxy) is 2. The van der Waals surface area contributed by atoms with Gasteiger partial charge in [0.1, 0.15) is 6.33 Å². The molecule has 0 aliphatic carbocycles. The van der Waals surface area contributed by atoms with Gasteiger partial charge in [-0.15, -0.1) is 5.10 Å². The molecule has 3 aromatic heterocycles. The van der Waals surface area contributed by atoms with Crippen LogP contribution in [0.5, 0.6) is 11.5 Å². The topological polar surface area (TPSA) is 79.4 Å². The van der Waals surface area contributed by atoms with E-state index in [9.17, 15) is 8.78 Å². The molecular weight excluding hydrogens is 334 g/mol. The highest BCUT2D eigenvalue weighted by Crippen LogP contribution is 2.32. The van der Waals surface area contributed by atoms with Crippen molar-refractivity contribution >= 4 is 16.7 Å². The van der Waals surface area contributed by atoms with Crippen LogP contribution in [0.2, 0.25) is 0 Å². The number of aromatic nitrogens is 6. The summed E-state index contributed by atoms with van der Waals surface area (Å²) in [7, 11) is 3.16. The normalized spacial score (nSPS) is 11.6. The fourth-order valence-corrected chi connectivity index (χ4v) is 2.56. The highest BCUT2D eigenvalue weighted by atomic mass is 19.3. The second-order valence-electron chi connectivity index (χ2n) is 5.20. The van der Waals surface area contributed by atoms with Crippen LogP contribution in [0, 0.1) is 0 Å². The standard InChI is InChI=1S/C15H12F2N6O2/c1-22-13-9(6-19-22)14-20-12(21-23(14)7-18-13)8-3-4-10(25-15(16)17)11(5-8)24-2/h3-7,15H,1-2H3. The molecule has 25 heavy (non-hydrogen) atoms. The Kier molecular flexibility index (Phi) is 3.45. The van der Waals surface area contributed by atoms with Crippen molar-refractivity contribution in [1.29, 1.82) is 0 Å². The fraction of sp³-hybridized carbons (Fsp3) is 0.200. The van der Waals surface area contributed by atoms with Gasteiger partial charge in [-0.05, 0) is 18.2 Å². The number of alkyl halides is 2. The molecule has 1 aromatic carbocycles. The predicted molar refractivity (Wildman–Crippen MR) is 83.7 cm³/mol. The van der Waals surface area contributed by atoms with Crippen LogP contribution < -0.4 is 9.47 Å². The number of halogens is 2. The highest BCUT2D eigenvalue weighted by molar-refractivity contribution is 5.89. The Morgan fingerprint density at radius 1 is 1.16 bits per heavy atom. The molecule has 10 heteroatoms. The van der Waals surface area contributed by atoms with Crippen LogP contribution in [0.15, 0.2) is 30.7 Å². The maximum absolute atomic E-state index is 12.4. The number of hydrogen-bond acceptors (Lipinski definition) is 6. The molecule has 4 rings (SSSR count). The lowest BCUT2D eigenvalue weighted by Crippen LogP contribution is -2.03. The smallest absolute Gasteiger partial charge is 0.387 e. The van der Waals surface area contributed by atoms with E-state index >= 15 is 0 Å². The third-order valence-corrected chi connectivity index (χ3v) is 3.71. The summed E-state index contributed by atoms with van der Waals surface area (Å²) in [5.41, 5.74) is 1.88. The lowest BCUT2D eigenvalue weighted by molar-refractivity contribution is -0.0512. The Morgan fingerprint density at radius 3 is 2.76 bits per heavy atom. The minimum absolute atomic E-state index is 0.0543. The maximum Gasteiger partial charge on any atom is 0.387 e. The molecule has 0 bridgehead atoms. The van der Waals surface area contributed by atoms with Crippen LogP contribution in [0.4, 0.5) is 8.78 Å². The third kappa shape index (κ3) is 2.51. The van der Waals surface area contributed by atoms with Crippen molar-refractivity contribution in [2.24, 2.45) is 7.05 Å². The van der Waals surface area contributed by atoms with Crippen molar-refractivity contribution < 1.29 is 18.3 Å². The first kappa shape index (κ1) is 15.2. The fourth-order valence-electron chi connectivity index (χ4n) is 2.56. The number of benzene rings is 1. The van der Waals surface area contributed by atoms with Crippen molar-refractivity contribution in [3.8, 4) is 22.9 Å². The highest BCUT2D eigenvalue weighted by Gasteiger charge is 2.16. The number of nitrogens with zero attached hydrogens (tertiary/aromatic N) is 6. The van der Waals surface area contributed by atoms with E-state index in [0.29, 0.717) is 22.7 Å². The van der Waals surface area contributed by atoms with Gasteiger partial charge in [-0.25, -0.2) is 14.5 Å². The average molecular weight is 346 g/mol. The van der Waals surface area contributed by atoms with Gasteiger partial charge in [0, 0.05) is 12.6 Å². The molecule has 8 nitrogen and oxygen atoms in total. The van der Waals surface area contributed by atoms with Crippen molar-refractivity contribution in [3.63, 3.8) is 0 Å². The van der Waals surface area contributed by atoms with Crippen LogP contribution in [-0.4, -0.2) is 43.1 Å². The van der Waals surface area contributed by atoms with Crippen molar-refractivity contribution in [3.05, 3.63) is 30.7 Å². The van der Waals surface area contributed by atoms with E-state index in [2.05, 4.69) is 24.9 Å². The number of methoxy groups -OCH3 is 1. The molecule has 0 N–H and O–H groups in total. The summed E-state index contributed by atoms with van der Waals surface area (Å²) in [6.07, 6.45) is 3.21. The van der Waals surface area contributed by atoms with E-state index in [1.165, 1.54) is 17.7 Å². The van der Waals surface area contributed by atoms with E-state index < -0.39 is 6.61 Å². The quantitative estimate of drug-likeness (QED) is 0.564. The van der Waals surface area contributed by atoms with Crippen molar-refractivity contribution in [1.82, 2.24) is 29.4 Å². The van der Waals surface area contributed by atoms with Crippen LogP contribution >= 0.6 is 0 Å². The van der Waals surface area contributed by atoms with Gasteiger partial charge in [-0.3, -0.25) is 4.68 Å². The van der Waals surface area contributed by atoms with Gasteiger partial charge in [0.15, 0.2) is 28.6 Å². The largest absolute Gasteiger partial charge is 0.493 e. The number of hydrogen-bond donors (Lipinski definition) is 0. The minimum Gasteiger partial charge on any atom is -0.493 e. The SMILES string of the molecule is COc1cc(-c2nc3c4cnn(C)c4ncn3n2)ccc1OC(F)F. The van der Waals surface area contributed by atoms with E-state index in [0.717, 1.165) is 5.39 Å². The monoisotopic (exact) mass is 346 g/mol. The second-order valence-corrected chi connectivity index (χ2v) is 5.20. The van der Waals surface area contributed by atoms with Crippen LogP contribution in [0.1, 0.15) is 0 Å². The van der Waals surface area contributed by atoms with E-state index in [-0.39, 0.29) is 11.5 Å². The van der Waals surface area contributed by atoms with E-state index in [1.807, 2.05) is 0 Å². The zero-order valence-electron chi connectivity index (χ0n) is 13.2. The molecule has 0 aliphatic heterocycles. The Labute approximate surface area is 139 Å². The molecule has 0 saturated heterocycles. The molecule has 0 fully saturated rings. The van der Waals surface area contributed by atoms with Gasteiger partial charge >= 0.3 is 6.61 Å².